The first-order chi connectivity index (χ1) is 8.54. The van der Waals surface area contributed by atoms with Gasteiger partial charge in [0, 0.05) is 26.0 Å². The molecule has 0 aromatic carbocycles. The van der Waals surface area contributed by atoms with Crippen molar-refractivity contribution in [3.63, 3.8) is 0 Å². The lowest BCUT2D eigenvalue weighted by Crippen LogP contribution is -2.33. The fraction of sp³-hybridized carbons (Fsp3) is 0.600. The van der Waals surface area contributed by atoms with Crippen LogP contribution in [0.1, 0.15) is 12.4 Å². The highest BCUT2D eigenvalue weighted by atomic mass is 19.3. The molecule has 0 saturated carbocycles. The predicted molar refractivity (Wildman–Crippen MR) is 58.3 cm³/mol. The van der Waals surface area contributed by atoms with Gasteiger partial charge in [0.25, 0.3) is 0 Å². The summed E-state index contributed by atoms with van der Waals surface area (Å²) in [4.78, 5) is 15.9. The number of imidazole rings is 1. The van der Waals surface area contributed by atoms with E-state index in [1.165, 1.54) is 18.2 Å². The number of ether oxygens (including phenoxy) is 1. The van der Waals surface area contributed by atoms with Gasteiger partial charge in [0.15, 0.2) is 0 Å². The van der Waals surface area contributed by atoms with Gasteiger partial charge in [-0.2, -0.15) is 8.78 Å². The summed E-state index contributed by atoms with van der Waals surface area (Å²) in [7, 11) is 1.49. The van der Waals surface area contributed by atoms with Crippen molar-refractivity contribution in [2.24, 2.45) is 0 Å². The van der Waals surface area contributed by atoms with Crippen molar-refractivity contribution < 1.29 is 23.4 Å². The van der Waals surface area contributed by atoms with E-state index in [0.29, 0.717) is 17.7 Å². The SMILES string of the molecule is COCCN(CC(=O)O)Cc1nccn1C(F)F. The maximum Gasteiger partial charge on any atom is 0.319 e. The second-order valence-corrected chi connectivity index (χ2v) is 3.63. The second-order valence-electron chi connectivity index (χ2n) is 3.63. The van der Waals surface area contributed by atoms with Crippen LogP contribution in [0.2, 0.25) is 0 Å². The minimum atomic E-state index is -2.68. The minimum Gasteiger partial charge on any atom is -0.480 e. The maximum absolute atomic E-state index is 12.6. The zero-order chi connectivity index (χ0) is 13.5. The van der Waals surface area contributed by atoms with Gasteiger partial charge in [-0.3, -0.25) is 14.3 Å². The highest BCUT2D eigenvalue weighted by Gasteiger charge is 2.16. The summed E-state index contributed by atoms with van der Waals surface area (Å²) < 4.78 is 30.7. The molecular weight excluding hydrogens is 248 g/mol. The molecule has 0 unspecified atom stereocenters. The number of carboxylic acid groups (broad SMARTS) is 1. The fourth-order valence-electron chi connectivity index (χ4n) is 1.47. The van der Waals surface area contributed by atoms with Crippen LogP contribution in [0.4, 0.5) is 8.78 Å². The molecule has 6 nitrogen and oxygen atoms in total. The summed E-state index contributed by atoms with van der Waals surface area (Å²) in [6.07, 6.45) is 2.42. The Kier molecular flexibility index (Phi) is 5.66. The summed E-state index contributed by atoms with van der Waals surface area (Å²) in [5.41, 5.74) is 0. The lowest BCUT2D eigenvalue weighted by atomic mass is 10.4. The van der Waals surface area contributed by atoms with E-state index in [4.69, 9.17) is 9.84 Å². The number of rotatable bonds is 8. The van der Waals surface area contributed by atoms with Gasteiger partial charge in [-0.05, 0) is 0 Å². The Hall–Kier alpha value is -1.54. The molecule has 0 aliphatic rings. The van der Waals surface area contributed by atoms with Crippen molar-refractivity contribution in [3.05, 3.63) is 18.2 Å². The molecule has 0 bridgehead atoms. The Balaban J connectivity index is 2.68. The largest absolute Gasteiger partial charge is 0.480 e. The van der Waals surface area contributed by atoms with Gasteiger partial charge >= 0.3 is 12.5 Å². The van der Waals surface area contributed by atoms with Crippen LogP contribution < -0.4 is 0 Å². The molecule has 0 atom stereocenters. The quantitative estimate of drug-likeness (QED) is 0.751. The zero-order valence-corrected chi connectivity index (χ0v) is 9.92. The lowest BCUT2D eigenvalue weighted by Gasteiger charge is -2.19. The van der Waals surface area contributed by atoms with Gasteiger partial charge in [-0.15, -0.1) is 0 Å². The predicted octanol–water partition coefficient (Wildman–Crippen LogP) is 0.811. The minimum absolute atomic E-state index is 0.0347. The third-order valence-corrected chi connectivity index (χ3v) is 2.29. The Morgan fingerprint density at radius 3 is 2.94 bits per heavy atom. The molecule has 0 amide bonds. The topological polar surface area (TPSA) is 67.6 Å². The third kappa shape index (κ3) is 4.38. The number of methoxy groups -OCH3 is 1. The first-order valence-electron chi connectivity index (χ1n) is 5.27. The number of carbonyl (C=O) groups is 1. The van der Waals surface area contributed by atoms with E-state index in [1.807, 2.05) is 0 Å². The molecule has 1 aromatic rings. The standard InChI is InChI=1S/C10H15F2N3O3/c1-18-5-4-14(7-9(16)17)6-8-13-2-3-15(8)10(11)12/h2-3,10H,4-7H2,1H3,(H,16,17). The third-order valence-electron chi connectivity index (χ3n) is 2.29. The smallest absolute Gasteiger partial charge is 0.319 e. The Labute approximate surface area is 103 Å². The molecule has 102 valence electrons. The van der Waals surface area contributed by atoms with Gasteiger partial charge in [-0.25, -0.2) is 4.98 Å². The maximum atomic E-state index is 12.6. The van der Waals surface area contributed by atoms with Crippen LogP contribution in [0, 0.1) is 0 Å². The Morgan fingerprint density at radius 1 is 1.67 bits per heavy atom. The van der Waals surface area contributed by atoms with Crippen molar-refractivity contribution in [1.82, 2.24) is 14.5 Å². The van der Waals surface area contributed by atoms with E-state index in [9.17, 15) is 13.6 Å². The summed E-state index contributed by atoms with van der Waals surface area (Å²) in [6, 6.07) is 0. The summed E-state index contributed by atoms with van der Waals surface area (Å²) in [5, 5.41) is 8.73. The molecule has 1 aromatic heterocycles. The Bertz CT molecular complexity index is 384. The van der Waals surface area contributed by atoms with Crippen molar-refractivity contribution in [2.45, 2.75) is 13.1 Å². The molecule has 8 heteroatoms. The molecule has 0 radical (unpaired) electrons. The molecule has 1 N–H and O–H groups in total. The van der Waals surface area contributed by atoms with Crippen LogP contribution >= 0.6 is 0 Å². The first-order valence-corrected chi connectivity index (χ1v) is 5.27. The van der Waals surface area contributed by atoms with Gasteiger partial charge in [0.2, 0.25) is 0 Å². The van der Waals surface area contributed by atoms with Crippen LogP contribution in [0.5, 0.6) is 0 Å². The zero-order valence-electron chi connectivity index (χ0n) is 9.92. The fourth-order valence-corrected chi connectivity index (χ4v) is 1.47. The molecule has 0 aliphatic carbocycles. The average molecular weight is 263 g/mol. The summed E-state index contributed by atoms with van der Waals surface area (Å²) >= 11 is 0. The van der Waals surface area contributed by atoms with Crippen molar-refractivity contribution in [2.75, 3.05) is 26.8 Å². The van der Waals surface area contributed by atoms with Crippen LogP contribution in [-0.4, -0.2) is 52.3 Å². The molecule has 0 saturated heterocycles. The van der Waals surface area contributed by atoms with Crippen molar-refractivity contribution in [1.29, 1.82) is 0 Å². The number of nitrogens with zero attached hydrogens (tertiary/aromatic N) is 3. The Morgan fingerprint density at radius 2 is 2.39 bits per heavy atom. The van der Waals surface area contributed by atoms with Crippen molar-refractivity contribution in [3.8, 4) is 0 Å². The summed E-state index contributed by atoms with van der Waals surface area (Å²) in [6.45, 7) is -2.25. The van der Waals surface area contributed by atoms with Crippen LogP contribution in [-0.2, 0) is 16.1 Å². The number of aliphatic carboxylic acids is 1. The normalized spacial score (nSPS) is 11.4. The molecule has 0 spiro atoms. The number of hydrogen-bond acceptors (Lipinski definition) is 4. The highest BCUT2D eigenvalue weighted by Crippen LogP contribution is 2.13. The average Bonchev–Trinajstić information content (AvgIpc) is 2.73. The van der Waals surface area contributed by atoms with E-state index >= 15 is 0 Å². The molecule has 1 rings (SSSR count). The second kappa shape index (κ2) is 7.02. The van der Waals surface area contributed by atoms with Crippen LogP contribution in [0.25, 0.3) is 0 Å². The number of aromatic nitrogens is 2. The van der Waals surface area contributed by atoms with Gasteiger partial charge in [0.05, 0.1) is 19.7 Å². The van der Waals surface area contributed by atoms with E-state index in [1.54, 1.807) is 0 Å². The number of carboxylic acids is 1. The number of alkyl halides is 2. The highest BCUT2D eigenvalue weighted by molar-refractivity contribution is 5.69. The lowest BCUT2D eigenvalue weighted by molar-refractivity contribution is -0.138. The molecule has 18 heavy (non-hydrogen) atoms. The monoisotopic (exact) mass is 263 g/mol. The molecule has 0 fully saturated rings. The molecular formula is C10H15F2N3O3. The van der Waals surface area contributed by atoms with E-state index < -0.39 is 12.5 Å². The number of halogens is 2. The first kappa shape index (κ1) is 14.5. The van der Waals surface area contributed by atoms with Gasteiger partial charge < -0.3 is 9.84 Å². The molecule has 1 heterocycles. The van der Waals surface area contributed by atoms with Crippen LogP contribution in [0.15, 0.2) is 12.4 Å². The van der Waals surface area contributed by atoms with E-state index in [2.05, 4.69) is 4.98 Å². The van der Waals surface area contributed by atoms with E-state index in [0.717, 1.165) is 6.20 Å². The van der Waals surface area contributed by atoms with E-state index in [-0.39, 0.29) is 18.9 Å². The molecule has 0 aliphatic heterocycles. The van der Waals surface area contributed by atoms with Gasteiger partial charge in [-0.1, -0.05) is 0 Å². The number of hydrogen-bond donors (Lipinski definition) is 1. The van der Waals surface area contributed by atoms with Crippen LogP contribution in [0.3, 0.4) is 0 Å². The summed E-state index contributed by atoms with van der Waals surface area (Å²) in [5.74, 6) is -0.899. The van der Waals surface area contributed by atoms with Crippen molar-refractivity contribution >= 4 is 5.97 Å². The van der Waals surface area contributed by atoms with Gasteiger partial charge in [0.1, 0.15) is 5.82 Å².